The van der Waals surface area contributed by atoms with Crippen molar-refractivity contribution in [3.05, 3.63) is 157 Å². The fourth-order valence-corrected chi connectivity index (χ4v) is 6.08. The number of ether oxygens (including phenoxy) is 4. The van der Waals surface area contributed by atoms with Crippen LogP contribution in [-0.4, -0.2) is 30.4 Å². The minimum Gasteiger partial charge on any atom is -0.496 e. The van der Waals surface area contributed by atoms with Gasteiger partial charge in [-0.15, -0.1) is 0 Å². The van der Waals surface area contributed by atoms with Crippen LogP contribution >= 0.6 is 0 Å². The summed E-state index contributed by atoms with van der Waals surface area (Å²) in [6.07, 6.45) is 1.91. The molecule has 0 aliphatic carbocycles. The van der Waals surface area contributed by atoms with Crippen molar-refractivity contribution in [2.75, 3.05) is 7.11 Å². The molecule has 1 aromatic heterocycles. The Hall–Kier alpha value is -6.97. The summed E-state index contributed by atoms with van der Waals surface area (Å²) in [7, 11) is 1.58. The Kier molecular flexibility index (Phi) is 11.2. The van der Waals surface area contributed by atoms with E-state index in [4.69, 9.17) is 23.4 Å². The number of hydrogen-bond acceptors (Lipinski definition) is 9. The molecule has 9 nitrogen and oxygen atoms in total. The van der Waals surface area contributed by atoms with E-state index in [1.54, 1.807) is 62.6 Å². The minimum atomic E-state index is -1.13. The van der Waals surface area contributed by atoms with Crippen molar-refractivity contribution in [2.45, 2.75) is 26.6 Å². The van der Waals surface area contributed by atoms with Gasteiger partial charge in [0.15, 0.2) is 0 Å². The van der Waals surface area contributed by atoms with Gasteiger partial charge in [0.25, 0.3) is 0 Å². The number of carbonyl (C=O) groups is 2. The van der Waals surface area contributed by atoms with Gasteiger partial charge < -0.3 is 28.5 Å². The number of esters is 2. The van der Waals surface area contributed by atoms with Crippen molar-refractivity contribution in [3.8, 4) is 67.5 Å². The monoisotopic (exact) mass is 734 g/mol. The van der Waals surface area contributed by atoms with E-state index in [0.29, 0.717) is 45.7 Å². The lowest BCUT2D eigenvalue weighted by Gasteiger charge is -2.19. The highest BCUT2D eigenvalue weighted by Gasteiger charge is 2.19. The molecule has 1 unspecified atom stereocenters. The zero-order valence-electron chi connectivity index (χ0n) is 30.6. The Balaban J connectivity index is 1.51. The van der Waals surface area contributed by atoms with Gasteiger partial charge in [-0.25, -0.2) is 14.4 Å². The number of methoxy groups -OCH3 is 1. The summed E-state index contributed by atoms with van der Waals surface area (Å²) in [5.74, 6) is 0.530. The Morgan fingerprint density at radius 3 is 2.09 bits per heavy atom. The first-order valence-corrected chi connectivity index (χ1v) is 17.4. The van der Waals surface area contributed by atoms with Gasteiger partial charge in [-0.2, -0.15) is 0 Å². The van der Waals surface area contributed by atoms with Crippen molar-refractivity contribution >= 4 is 22.9 Å². The van der Waals surface area contributed by atoms with Crippen LogP contribution in [0.1, 0.15) is 19.4 Å². The maximum atomic E-state index is 13.5. The molecule has 0 radical (unpaired) electrons. The average molecular weight is 735 g/mol. The second kappa shape index (κ2) is 16.4. The standard InChI is InChI=1S/C46H38O9/c1-7-28-22-34(53-44(48)9-3)18-20-36(28)37-19-13-30(29-10-15-33(16-11-29)52-43(47)8-2)23-39(37)40-24-31(14-21-41(40)51-6)38-25-32-12-17-35(54-45(49)27(4)5)26-42(32)55-46(38)50/h8-26,43,47H,2-4,7H2,1,5-6H3. The second-order valence-electron chi connectivity index (χ2n) is 12.6. The predicted molar refractivity (Wildman–Crippen MR) is 213 cm³/mol. The van der Waals surface area contributed by atoms with E-state index in [1.165, 1.54) is 12.1 Å². The fraction of sp³-hybridized carbons (Fsp3) is 0.109. The van der Waals surface area contributed by atoms with Crippen LogP contribution in [0.2, 0.25) is 0 Å². The summed E-state index contributed by atoms with van der Waals surface area (Å²) in [5.41, 5.74) is 6.81. The lowest BCUT2D eigenvalue weighted by Crippen LogP contribution is -2.10. The Bertz CT molecular complexity index is 2530. The number of aliphatic hydroxyl groups excluding tert-OH is 1. The Morgan fingerprint density at radius 2 is 1.40 bits per heavy atom. The Morgan fingerprint density at radius 1 is 0.745 bits per heavy atom. The molecule has 0 fully saturated rings. The highest BCUT2D eigenvalue weighted by molar-refractivity contribution is 5.93. The number of aliphatic hydroxyl groups is 1. The summed E-state index contributed by atoms with van der Waals surface area (Å²) in [5, 5.41) is 10.5. The number of aryl methyl sites for hydroxylation is 1. The maximum absolute atomic E-state index is 13.5. The van der Waals surface area contributed by atoms with E-state index < -0.39 is 23.9 Å². The smallest absolute Gasteiger partial charge is 0.344 e. The summed E-state index contributed by atoms with van der Waals surface area (Å²) in [6.45, 7) is 14.2. The molecular weight excluding hydrogens is 696 g/mol. The van der Waals surface area contributed by atoms with Crippen LogP contribution in [0, 0.1) is 0 Å². The molecular formula is C46H38O9. The highest BCUT2D eigenvalue weighted by Crippen LogP contribution is 2.43. The first-order valence-electron chi connectivity index (χ1n) is 17.4. The van der Waals surface area contributed by atoms with Crippen LogP contribution in [0.25, 0.3) is 55.5 Å². The maximum Gasteiger partial charge on any atom is 0.344 e. The molecule has 6 rings (SSSR count). The van der Waals surface area contributed by atoms with Gasteiger partial charge in [-0.1, -0.05) is 63.1 Å². The first-order chi connectivity index (χ1) is 26.5. The van der Waals surface area contributed by atoms with Crippen LogP contribution in [0.4, 0.5) is 0 Å². The zero-order chi connectivity index (χ0) is 39.2. The predicted octanol–water partition coefficient (Wildman–Crippen LogP) is 9.49. The molecule has 6 aromatic rings. The molecule has 0 bridgehead atoms. The molecule has 55 heavy (non-hydrogen) atoms. The molecule has 1 atom stereocenters. The lowest BCUT2D eigenvalue weighted by molar-refractivity contribution is -0.130. The van der Waals surface area contributed by atoms with Gasteiger partial charge in [0, 0.05) is 28.7 Å². The van der Waals surface area contributed by atoms with Gasteiger partial charge in [-0.3, -0.25) is 0 Å². The number of carbonyl (C=O) groups excluding carboxylic acids is 2. The van der Waals surface area contributed by atoms with Gasteiger partial charge in [0.05, 0.1) is 12.7 Å². The molecule has 5 aromatic carbocycles. The van der Waals surface area contributed by atoms with Crippen LogP contribution in [0.3, 0.4) is 0 Å². The summed E-state index contributed by atoms with van der Waals surface area (Å²) >= 11 is 0. The zero-order valence-corrected chi connectivity index (χ0v) is 30.6. The topological polar surface area (TPSA) is 122 Å². The molecule has 0 amide bonds. The van der Waals surface area contributed by atoms with Gasteiger partial charge in [0.1, 0.15) is 28.6 Å². The van der Waals surface area contributed by atoms with Crippen molar-refractivity contribution in [2.24, 2.45) is 0 Å². The fourth-order valence-electron chi connectivity index (χ4n) is 6.08. The van der Waals surface area contributed by atoms with Crippen molar-refractivity contribution in [1.82, 2.24) is 0 Å². The molecule has 0 aliphatic rings. The molecule has 0 saturated carbocycles. The number of benzene rings is 5. The van der Waals surface area contributed by atoms with Crippen molar-refractivity contribution in [1.29, 1.82) is 0 Å². The normalized spacial score (nSPS) is 11.3. The highest BCUT2D eigenvalue weighted by atomic mass is 16.6. The summed E-state index contributed by atoms with van der Waals surface area (Å²) in [6, 6.07) is 30.9. The SMILES string of the molecule is C=CC(=O)Oc1ccc(-c2ccc(-c3ccc(OC(O)C=C)cc3)cc2-c2cc(-c3cc4ccc(OC(=O)C(=C)C)cc4oc3=O)ccc2OC)c(CC)c1. The van der Waals surface area contributed by atoms with E-state index >= 15 is 0 Å². The third-order valence-corrected chi connectivity index (χ3v) is 8.87. The van der Waals surface area contributed by atoms with E-state index in [1.807, 2.05) is 55.5 Å². The van der Waals surface area contributed by atoms with Gasteiger partial charge in [-0.05, 0) is 119 Å². The number of fused-ring (bicyclic) bond motifs is 1. The third kappa shape index (κ3) is 8.32. The quantitative estimate of drug-likeness (QED) is 0.0309. The first kappa shape index (κ1) is 37.8. The number of hydrogen-bond donors (Lipinski definition) is 1. The van der Waals surface area contributed by atoms with E-state index in [-0.39, 0.29) is 16.9 Å². The lowest BCUT2D eigenvalue weighted by atomic mass is 9.87. The Labute approximate surface area is 318 Å². The van der Waals surface area contributed by atoms with Crippen molar-refractivity contribution in [3.63, 3.8) is 0 Å². The molecule has 0 aliphatic heterocycles. The van der Waals surface area contributed by atoms with Gasteiger partial charge in [0.2, 0.25) is 6.29 Å². The third-order valence-electron chi connectivity index (χ3n) is 8.87. The molecule has 0 spiro atoms. The van der Waals surface area contributed by atoms with E-state index in [9.17, 15) is 19.5 Å². The molecule has 1 heterocycles. The minimum absolute atomic E-state index is 0.227. The van der Waals surface area contributed by atoms with Gasteiger partial charge >= 0.3 is 17.6 Å². The molecule has 276 valence electrons. The van der Waals surface area contributed by atoms with Crippen LogP contribution in [-0.2, 0) is 16.0 Å². The van der Waals surface area contributed by atoms with Crippen LogP contribution in [0.5, 0.6) is 23.0 Å². The average Bonchev–Trinajstić information content (AvgIpc) is 3.20. The molecule has 0 saturated heterocycles. The molecule has 1 N–H and O–H groups in total. The van der Waals surface area contributed by atoms with Crippen molar-refractivity contribution < 1.29 is 38.1 Å². The summed E-state index contributed by atoms with van der Waals surface area (Å²) in [4.78, 5) is 37.6. The molecule has 9 heteroatoms. The van der Waals surface area contributed by atoms with E-state index in [0.717, 1.165) is 39.5 Å². The number of rotatable bonds is 13. The van der Waals surface area contributed by atoms with Crippen LogP contribution in [0.15, 0.2) is 150 Å². The largest absolute Gasteiger partial charge is 0.496 e. The summed E-state index contributed by atoms with van der Waals surface area (Å²) < 4.78 is 27.9. The second-order valence-corrected chi connectivity index (χ2v) is 12.6. The van der Waals surface area contributed by atoms with E-state index in [2.05, 4.69) is 19.7 Å². The van der Waals surface area contributed by atoms with Crippen LogP contribution < -0.4 is 24.6 Å².